The van der Waals surface area contributed by atoms with Crippen LogP contribution in [-0.2, 0) is 9.59 Å². The number of quaternary nitrogens is 1. The van der Waals surface area contributed by atoms with Gasteiger partial charge in [-0.3, -0.25) is 9.59 Å². The molecule has 2 aliphatic rings. The summed E-state index contributed by atoms with van der Waals surface area (Å²) in [7, 11) is 0. The van der Waals surface area contributed by atoms with E-state index in [2.05, 4.69) is 4.90 Å². The number of hydrogen-bond donors (Lipinski definition) is 2. The molecule has 140 valence electrons. The molecule has 0 aliphatic carbocycles. The van der Waals surface area contributed by atoms with Gasteiger partial charge in [-0.1, -0.05) is 12.1 Å². The molecule has 0 saturated carbocycles. The third-order valence-corrected chi connectivity index (χ3v) is 5.35. The summed E-state index contributed by atoms with van der Waals surface area (Å²) in [5.74, 6) is -1.000. The van der Waals surface area contributed by atoms with E-state index < -0.39 is 11.9 Å². The Bertz CT molecular complexity index is 863. The van der Waals surface area contributed by atoms with Gasteiger partial charge in [-0.15, -0.1) is 0 Å². The van der Waals surface area contributed by atoms with Crippen molar-refractivity contribution in [2.75, 3.05) is 36.0 Å². The van der Waals surface area contributed by atoms with Crippen molar-refractivity contribution in [3.8, 4) is 5.75 Å². The molecule has 6 nitrogen and oxygen atoms in total. The van der Waals surface area contributed by atoms with Crippen LogP contribution in [0, 0.1) is 5.82 Å². The number of halogens is 1. The predicted molar refractivity (Wildman–Crippen MR) is 98.3 cm³/mol. The van der Waals surface area contributed by atoms with E-state index in [9.17, 15) is 19.1 Å². The molecule has 2 fully saturated rings. The maximum Gasteiger partial charge on any atom is 0.292 e. The van der Waals surface area contributed by atoms with Crippen LogP contribution in [0.4, 0.5) is 15.8 Å². The largest absolute Gasteiger partial charge is 0.508 e. The normalized spacial score (nSPS) is 21.1. The van der Waals surface area contributed by atoms with Gasteiger partial charge in [-0.2, -0.15) is 0 Å². The number of rotatable bonds is 3. The molecule has 7 heteroatoms. The summed E-state index contributed by atoms with van der Waals surface area (Å²) >= 11 is 0. The monoisotopic (exact) mass is 370 g/mol. The number of imide groups is 1. The van der Waals surface area contributed by atoms with Gasteiger partial charge in [0.05, 0.1) is 38.3 Å². The summed E-state index contributed by atoms with van der Waals surface area (Å²) in [6.45, 7) is 2.93. The molecule has 2 heterocycles. The second-order valence-electron chi connectivity index (χ2n) is 6.94. The highest BCUT2D eigenvalue weighted by Crippen LogP contribution is 2.25. The SMILES string of the molecule is O=C1C[C@H]([NH+]2CCN(c3ccc(O)cc3)CC2)C(=O)N1c1ccccc1F. The van der Waals surface area contributed by atoms with Gasteiger partial charge in [-0.25, -0.2) is 9.29 Å². The van der Waals surface area contributed by atoms with Gasteiger partial charge in [0.1, 0.15) is 11.6 Å². The Balaban J connectivity index is 1.45. The smallest absolute Gasteiger partial charge is 0.292 e. The van der Waals surface area contributed by atoms with E-state index in [0.717, 1.165) is 41.7 Å². The van der Waals surface area contributed by atoms with E-state index in [4.69, 9.17) is 0 Å². The molecule has 2 aromatic carbocycles. The van der Waals surface area contributed by atoms with Crippen LogP contribution in [0.3, 0.4) is 0 Å². The molecule has 4 rings (SSSR count). The summed E-state index contributed by atoms with van der Waals surface area (Å²) in [5, 5.41) is 9.41. The van der Waals surface area contributed by atoms with Crippen LogP contribution in [0.1, 0.15) is 6.42 Å². The zero-order valence-corrected chi connectivity index (χ0v) is 14.8. The van der Waals surface area contributed by atoms with Gasteiger partial charge >= 0.3 is 0 Å². The summed E-state index contributed by atoms with van der Waals surface area (Å²) in [6.07, 6.45) is 0.113. The molecule has 2 aromatic rings. The number of nitrogens with zero attached hydrogens (tertiary/aromatic N) is 2. The van der Waals surface area contributed by atoms with E-state index in [-0.39, 0.29) is 29.7 Å². The number of amides is 2. The minimum atomic E-state index is -0.563. The number of phenols is 1. The van der Waals surface area contributed by atoms with Crippen molar-refractivity contribution in [2.45, 2.75) is 12.5 Å². The highest BCUT2D eigenvalue weighted by atomic mass is 19.1. The minimum absolute atomic E-state index is 0.0390. The topological polar surface area (TPSA) is 65.3 Å². The van der Waals surface area contributed by atoms with E-state index in [1.165, 1.54) is 18.2 Å². The quantitative estimate of drug-likeness (QED) is 0.776. The Morgan fingerprint density at radius 2 is 1.67 bits per heavy atom. The van der Waals surface area contributed by atoms with E-state index in [1.54, 1.807) is 18.2 Å². The van der Waals surface area contributed by atoms with Crippen LogP contribution in [0.25, 0.3) is 0 Å². The minimum Gasteiger partial charge on any atom is -0.508 e. The lowest BCUT2D eigenvalue weighted by molar-refractivity contribution is -0.915. The van der Waals surface area contributed by atoms with Crippen LogP contribution in [0.15, 0.2) is 48.5 Å². The zero-order valence-electron chi connectivity index (χ0n) is 14.8. The molecule has 27 heavy (non-hydrogen) atoms. The van der Waals surface area contributed by atoms with Crippen molar-refractivity contribution in [2.24, 2.45) is 0 Å². The lowest BCUT2D eigenvalue weighted by Gasteiger charge is -2.35. The Morgan fingerprint density at radius 3 is 2.33 bits per heavy atom. The van der Waals surface area contributed by atoms with E-state index >= 15 is 0 Å². The lowest BCUT2D eigenvalue weighted by Crippen LogP contribution is -3.19. The van der Waals surface area contributed by atoms with Crippen molar-refractivity contribution in [1.29, 1.82) is 0 Å². The van der Waals surface area contributed by atoms with Gasteiger partial charge in [0, 0.05) is 5.69 Å². The lowest BCUT2D eigenvalue weighted by atomic mass is 10.1. The predicted octanol–water partition coefficient (Wildman–Crippen LogP) is 0.568. The first kappa shape index (κ1) is 17.5. The Labute approximate surface area is 156 Å². The number of carbonyl (C=O) groups excluding carboxylic acids is 2. The van der Waals surface area contributed by atoms with E-state index in [0.29, 0.717) is 0 Å². The van der Waals surface area contributed by atoms with Crippen LogP contribution in [0.2, 0.25) is 0 Å². The first-order chi connectivity index (χ1) is 13.0. The molecule has 0 bridgehead atoms. The Hall–Kier alpha value is -2.93. The average Bonchev–Trinajstić information content (AvgIpc) is 2.97. The Morgan fingerprint density at radius 1 is 1.00 bits per heavy atom. The third-order valence-electron chi connectivity index (χ3n) is 5.35. The van der Waals surface area contributed by atoms with Gasteiger partial charge in [0.15, 0.2) is 6.04 Å². The first-order valence-corrected chi connectivity index (χ1v) is 9.04. The number of anilines is 2. The fourth-order valence-corrected chi connectivity index (χ4v) is 3.90. The molecule has 0 unspecified atom stereocenters. The average molecular weight is 370 g/mol. The van der Waals surface area contributed by atoms with Crippen molar-refractivity contribution < 1.29 is 24.0 Å². The van der Waals surface area contributed by atoms with Crippen LogP contribution in [-0.4, -0.2) is 49.1 Å². The van der Waals surface area contributed by atoms with Crippen LogP contribution >= 0.6 is 0 Å². The second-order valence-corrected chi connectivity index (χ2v) is 6.94. The molecule has 0 spiro atoms. The van der Waals surface area contributed by atoms with Crippen molar-refractivity contribution in [3.05, 3.63) is 54.3 Å². The molecule has 0 radical (unpaired) electrons. The van der Waals surface area contributed by atoms with Crippen LogP contribution < -0.4 is 14.7 Å². The van der Waals surface area contributed by atoms with Crippen molar-refractivity contribution in [1.82, 2.24) is 0 Å². The fraction of sp³-hybridized carbons (Fsp3) is 0.300. The number of phenolic OH excluding ortho intramolecular Hbond substituents is 1. The molecule has 2 amide bonds. The maximum absolute atomic E-state index is 14.0. The molecule has 2 saturated heterocycles. The molecule has 2 N–H and O–H groups in total. The van der Waals surface area contributed by atoms with Crippen molar-refractivity contribution >= 4 is 23.2 Å². The van der Waals surface area contributed by atoms with Gasteiger partial charge in [-0.05, 0) is 36.4 Å². The highest BCUT2D eigenvalue weighted by Gasteiger charge is 2.47. The number of carbonyl (C=O) groups is 2. The second kappa shape index (κ2) is 7.00. The number of benzene rings is 2. The summed E-state index contributed by atoms with van der Waals surface area (Å²) in [4.78, 5) is 29.5. The summed E-state index contributed by atoms with van der Waals surface area (Å²) in [5.41, 5.74) is 1.06. The number of nitrogens with one attached hydrogen (secondary N) is 1. The van der Waals surface area contributed by atoms with E-state index in [1.807, 2.05) is 12.1 Å². The standard InChI is InChI=1S/C20H20FN3O3/c21-16-3-1-2-4-17(16)24-19(26)13-18(20(24)27)23-11-9-22(10-12-23)14-5-7-15(25)8-6-14/h1-8,18,25H,9-13H2/p+1/t18-/m0/s1. The zero-order chi connectivity index (χ0) is 19.0. The molecule has 1 atom stereocenters. The van der Waals surface area contributed by atoms with Gasteiger partial charge in [0.2, 0.25) is 5.91 Å². The molecular weight excluding hydrogens is 349 g/mol. The summed E-state index contributed by atoms with van der Waals surface area (Å²) < 4.78 is 14.0. The fourth-order valence-electron chi connectivity index (χ4n) is 3.90. The van der Waals surface area contributed by atoms with Crippen LogP contribution in [0.5, 0.6) is 5.75 Å². The molecule has 2 aliphatic heterocycles. The highest BCUT2D eigenvalue weighted by molar-refractivity contribution is 6.21. The first-order valence-electron chi connectivity index (χ1n) is 9.04. The third kappa shape index (κ3) is 3.26. The maximum atomic E-state index is 14.0. The number of aromatic hydroxyl groups is 1. The summed E-state index contributed by atoms with van der Waals surface area (Å²) in [6, 6.07) is 12.5. The van der Waals surface area contributed by atoms with Crippen molar-refractivity contribution in [3.63, 3.8) is 0 Å². The molecule has 0 aromatic heterocycles. The Kier molecular flexibility index (Phi) is 4.53. The number of hydrogen-bond acceptors (Lipinski definition) is 4. The number of para-hydroxylation sites is 1. The van der Waals surface area contributed by atoms with Gasteiger partial charge in [0.25, 0.3) is 5.91 Å². The number of piperazine rings is 1. The molecular formula is C20H21FN3O3+. The van der Waals surface area contributed by atoms with Gasteiger partial charge < -0.3 is 14.9 Å².